The zero-order chi connectivity index (χ0) is 58.7. The SMILES string of the molecule is CCCCCCCCCCCCCCCCC1(C)CCc2c(C)c(OCCOC(=O)NCCCCCC(=O)N3CC(OC(=O)CCC(=O)O)CC3C(OC(c3ccc(OC)cc3)c3ccc(OC)cc3)c3ccccc3)c(C)c(C)c2O1. The molecule has 0 spiro atoms. The molecular weight excluding hydrogens is 1040 g/mol. The predicted octanol–water partition coefficient (Wildman–Crippen LogP) is 15.2. The minimum absolute atomic E-state index is 0.0879. The zero-order valence-corrected chi connectivity index (χ0v) is 50.5. The van der Waals surface area contributed by atoms with Gasteiger partial charge < -0.3 is 48.5 Å². The van der Waals surface area contributed by atoms with Gasteiger partial charge in [-0.1, -0.05) is 151 Å². The van der Waals surface area contributed by atoms with Crippen LogP contribution in [0.3, 0.4) is 0 Å². The monoisotopic (exact) mass is 1130 g/mol. The zero-order valence-electron chi connectivity index (χ0n) is 50.5. The first kappa shape index (κ1) is 64.9. The molecule has 0 aliphatic carbocycles. The number of fused-ring (bicyclic) bond motifs is 1. The number of likely N-dealkylation sites (tertiary alicyclic amines) is 1. The average Bonchev–Trinajstić information content (AvgIpc) is 4.05. The fraction of sp³-hybridized carbons (Fsp3) is 0.588. The number of esters is 1. The van der Waals surface area contributed by atoms with Gasteiger partial charge in [0.2, 0.25) is 5.91 Å². The third kappa shape index (κ3) is 20.3. The van der Waals surface area contributed by atoms with E-state index in [9.17, 15) is 24.3 Å². The number of carboxylic acids is 1. The molecule has 2 aliphatic heterocycles. The number of methoxy groups -OCH3 is 2. The van der Waals surface area contributed by atoms with E-state index in [1.807, 2.05) is 78.9 Å². The fourth-order valence-corrected chi connectivity index (χ4v) is 11.6. The van der Waals surface area contributed by atoms with Crippen LogP contribution in [0.5, 0.6) is 23.0 Å². The first-order valence-electron chi connectivity index (χ1n) is 30.8. The lowest BCUT2D eigenvalue weighted by molar-refractivity contribution is -0.152. The van der Waals surface area contributed by atoms with Gasteiger partial charge in [-0.2, -0.15) is 0 Å². The lowest BCUT2D eigenvalue weighted by Crippen LogP contribution is -2.40. The van der Waals surface area contributed by atoms with E-state index in [1.165, 1.54) is 95.5 Å². The Labute approximate surface area is 489 Å². The van der Waals surface area contributed by atoms with Gasteiger partial charge in [-0.15, -0.1) is 0 Å². The van der Waals surface area contributed by atoms with Crippen molar-refractivity contribution < 1.29 is 57.4 Å². The maximum absolute atomic E-state index is 14.4. The van der Waals surface area contributed by atoms with Gasteiger partial charge in [0.25, 0.3) is 0 Å². The summed E-state index contributed by atoms with van der Waals surface area (Å²) in [5.74, 6) is 1.36. The van der Waals surface area contributed by atoms with E-state index in [2.05, 4.69) is 39.9 Å². The highest BCUT2D eigenvalue weighted by Gasteiger charge is 2.44. The Balaban J connectivity index is 0.955. The van der Waals surface area contributed by atoms with Gasteiger partial charge in [-0.3, -0.25) is 14.4 Å². The fourth-order valence-electron chi connectivity index (χ4n) is 11.6. The van der Waals surface area contributed by atoms with Crippen LogP contribution in [0, 0.1) is 20.8 Å². The molecule has 0 aromatic heterocycles. The van der Waals surface area contributed by atoms with Crippen LogP contribution in [0.4, 0.5) is 4.79 Å². The smallest absolute Gasteiger partial charge is 0.407 e. The van der Waals surface area contributed by atoms with Crippen LogP contribution in [0.1, 0.15) is 213 Å². The van der Waals surface area contributed by atoms with Crippen molar-refractivity contribution in [2.24, 2.45) is 0 Å². The van der Waals surface area contributed by atoms with Crippen LogP contribution < -0.4 is 24.3 Å². The summed E-state index contributed by atoms with van der Waals surface area (Å²) in [6.07, 6.45) is 21.2. The quantitative estimate of drug-likeness (QED) is 0.0324. The highest BCUT2D eigenvalue weighted by molar-refractivity contribution is 5.78. The second kappa shape index (κ2) is 34.4. The Hall–Kier alpha value is -6.28. The molecule has 14 nitrogen and oxygen atoms in total. The summed E-state index contributed by atoms with van der Waals surface area (Å²) in [5, 5.41) is 12.1. The number of hydrogen-bond donors (Lipinski definition) is 2. The van der Waals surface area contributed by atoms with Crippen LogP contribution in [0.2, 0.25) is 0 Å². The highest BCUT2D eigenvalue weighted by atomic mass is 16.6. The van der Waals surface area contributed by atoms with Gasteiger partial charge in [0.05, 0.1) is 39.6 Å². The molecule has 4 atom stereocenters. The van der Waals surface area contributed by atoms with Crippen LogP contribution in [0.15, 0.2) is 78.9 Å². The molecular formula is C68H96N2O12. The minimum atomic E-state index is -1.10. The second-order valence-corrected chi connectivity index (χ2v) is 22.9. The molecule has 2 amide bonds. The number of hydrogen-bond acceptors (Lipinski definition) is 11. The molecule has 0 radical (unpaired) electrons. The van der Waals surface area contributed by atoms with Crippen LogP contribution >= 0.6 is 0 Å². The molecule has 6 rings (SSSR count). The number of ether oxygens (including phenoxy) is 7. The van der Waals surface area contributed by atoms with Crippen molar-refractivity contribution in [3.8, 4) is 23.0 Å². The number of rotatable bonds is 37. The van der Waals surface area contributed by atoms with Gasteiger partial charge in [-0.25, -0.2) is 4.79 Å². The van der Waals surface area contributed by atoms with Crippen molar-refractivity contribution >= 4 is 23.9 Å². The number of carbonyl (C=O) groups excluding carboxylic acids is 3. The van der Waals surface area contributed by atoms with Crippen molar-refractivity contribution in [3.63, 3.8) is 0 Å². The molecule has 1 fully saturated rings. The van der Waals surface area contributed by atoms with Crippen LogP contribution in [-0.2, 0) is 35.0 Å². The first-order chi connectivity index (χ1) is 39.7. The number of unbranched alkanes of at least 4 members (excludes halogenated alkanes) is 15. The molecule has 2 heterocycles. The van der Waals surface area contributed by atoms with Gasteiger partial charge in [-0.05, 0) is 124 Å². The van der Waals surface area contributed by atoms with Crippen molar-refractivity contribution in [2.45, 2.75) is 219 Å². The minimum Gasteiger partial charge on any atom is -0.497 e. The highest BCUT2D eigenvalue weighted by Crippen LogP contribution is 2.45. The number of carbonyl (C=O) groups is 4. The number of nitrogens with zero attached hydrogens (tertiary/aromatic N) is 1. The number of aliphatic carboxylic acids is 1. The number of alkyl carbamates (subject to hydrolysis) is 1. The van der Waals surface area contributed by atoms with Crippen molar-refractivity contribution in [3.05, 3.63) is 118 Å². The molecule has 2 N–H and O–H groups in total. The molecule has 82 heavy (non-hydrogen) atoms. The topological polar surface area (TPSA) is 168 Å². The maximum Gasteiger partial charge on any atom is 0.407 e. The summed E-state index contributed by atoms with van der Waals surface area (Å²) in [4.78, 5) is 53.1. The van der Waals surface area contributed by atoms with Crippen molar-refractivity contribution in [1.82, 2.24) is 10.2 Å². The third-order valence-electron chi connectivity index (χ3n) is 16.6. The molecule has 2 aliphatic rings. The van der Waals surface area contributed by atoms with E-state index in [-0.39, 0.29) is 57.0 Å². The van der Waals surface area contributed by atoms with Gasteiger partial charge in [0, 0.05) is 24.9 Å². The average molecular weight is 1130 g/mol. The Morgan fingerprint density at radius 3 is 1.85 bits per heavy atom. The lowest BCUT2D eigenvalue weighted by atomic mass is 9.84. The van der Waals surface area contributed by atoms with E-state index in [1.54, 1.807) is 19.1 Å². The molecule has 4 aromatic rings. The lowest BCUT2D eigenvalue weighted by Gasteiger charge is -2.38. The van der Waals surface area contributed by atoms with Crippen LogP contribution in [-0.4, -0.2) is 92.2 Å². The van der Waals surface area contributed by atoms with E-state index in [0.29, 0.717) is 37.3 Å². The van der Waals surface area contributed by atoms with Gasteiger partial charge >= 0.3 is 18.0 Å². The molecule has 4 unspecified atom stereocenters. The Morgan fingerprint density at radius 2 is 1.27 bits per heavy atom. The summed E-state index contributed by atoms with van der Waals surface area (Å²) in [5.41, 5.74) is 6.83. The number of benzene rings is 4. The molecule has 0 bridgehead atoms. The Morgan fingerprint density at radius 1 is 0.683 bits per heavy atom. The molecule has 1 saturated heterocycles. The number of nitrogens with one attached hydrogen (secondary N) is 1. The van der Waals surface area contributed by atoms with Gasteiger partial charge in [0.1, 0.15) is 60.1 Å². The standard InChI is InChI=1S/C68H96N2O12/c1-8-9-10-11-12-13-14-15-16-17-18-19-20-26-42-68(5)43-41-58-51(4)63(49(2)50(3)64(58)82-68)78-45-46-79-67(75)69-44-27-22-25-30-60(71)70-48-57(80-62(74)40-39-61(72)73)47-59(70)66(52-28-23-21-24-29-52)81-65(53-31-35-55(76-6)36-32-53)54-33-37-56(77-7)38-34-54/h21,23-24,28-29,31-38,57,59,65-66H,8-20,22,25-27,30,39-48H2,1-7H3,(H,69,75)(H,72,73). The molecule has 0 saturated carbocycles. The summed E-state index contributed by atoms with van der Waals surface area (Å²) in [7, 11) is 3.23. The van der Waals surface area contributed by atoms with Crippen LogP contribution in [0.25, 0.3) is 0 Å². The maximum atomic E-state index is 14.4. The van der Waals surface area contributed by atoms with Gasteiger partial charge in [0.15, 0.2) is 0 Å². The van der Waals surface area contributed by atoms with E-state index in [0.717, 1.165) is 64.1 Å². The predicted molar refractivity (Wildman–Crippen MR) is 321 cm³/mol. The summed E-state index contributed by atoms with van der Waals surface area (Å²) >= 11 is 0. The first-order valence-corrected chi connectivity index (χ1v) is 30.8. The molecule has 4 aromatic carbocycles. The van der Waals surface area contributed by atoms with E-state index < -0.39 is 42.4 Å². The summed E-state index contributed by atoms with van der Waals surface area (Å²) in [6, 6.07) is 24.5. The second-order valence-electron chi connectivity index (χ2n) is 22.9. The summed E-state index contributed by atoms with van der Waals surface area (Å²) in [6.45, 7) is 11.7. The third-order valence-corrected chi connectivity index (χ3v) is 16.6. The number of amides is 2. The van der Waals surface area contributed by atoms with E-state index in [4.69, 9.17) is 33.2 Å². The summed E-state index contributed by atoms with van der Waals surface area (Å²) < 4.78 is 42.7. The van der Waals surface area contributed by atoms with E-state index >= 15 is 0 Å². The molecule has 450 valence electrons. The van der Waals surface area contributed by atoms with Crippen molar-refractivity contribution in [1.29, 1.82) is 0 Å². The number of carboxylic acid groups (broad SMARTS) is 1. The normalized spacial score (nSPS) is 17.0. The Bertz CT molecular complexity index is 2520. The Kier molecular flexibility index (Phi) is 27.2. The van der Waals surface area contributed by atoms with Crippen molar-refractivity contribution in [2.75, 3.05) is 40.5 Å². The largest absolute Gasteiger partial charge is 0.497 e. The molecule has 14 heteroatoms.